The highest BCUT2D eigenvalue weighted by Gasteiger charge is 2.52. The Morgan fingerprint density at radius 1 is 1.32 bits per heavy atom. The number of alkyl halides is 3. The van der Waals surface area contributed by atoms with Crippen molar-refractivity contribution >= 4 is 23.5 Å². The third-order valence-corrected chi connectivity index (χ3v) is 5.73. The summed E-state index contributed by atoms with van der Waals surface area (Å²) in [5.74, 6) is -7.13. The molecule has 1 unspecified atom stereocenters. The molecule has 3 rings (SSSR count). The van der Waals surface area contributed by atoms with Crippen LogP contribution in [0.3, 0.4) is 0 Å². The van der Waals surface area contributed by atoms with Crippen molar-refractivity contribution in [3.8, 4) is 5.88 Å². The normalized spacial score (nSPS) is 19.5. The number of carbonyl (C=O) groups is 2. The fourth-order valence-electron chi connectivity index (χ4n) is 3.87. The number of amides is 3. The minimum absolute atomic E-state index is 0.00751. The zero-order valence-corrected chi connectivity index (χ0v) is 18.1. The average molecular weight is 511 g/mol. The first-order valence-corrected chi connectivity index (χ1v) is 9.99. The van der Waals surface area contributed by atoms with E-state index < -0.39 is 70.1 Å². The first-order chi connectivity index (χ1) is 15.8. The van der Waals surface area contributed by atoms with E-state index in [0.29, 0.717) is 6.07 Å². The summed E-state index contributed by atoms with van der Waals surface area (Å²) < 4.78 is 85.2. The van der Waals surface area contributed by atoms with E-state index in [1.807, 2.05) is 0 Å². The van der Waals surface area contributed by atoms with Crippen molar-refractivity contribution in [1.82, 2.24) is 15.2 Å². The molecule has 0 saturated carbocycles. The molecular weight excluding hydrogens is 494 g/mol. The lowest BCUT2D eigenvalue weighted by Crippen LogP contribution is -2.68. The smallest absolute Gasteiger partial charge is 0.422 e. The van der Waals surface area contributed by atoms with Gasteiger partial charge in [0.2, 0.25) is 5.91 Å². The molecule has 3 amide bonds. The van der Waals surface area contributed by atoms with Gasteiger partial charge in [0.1, 0.15) is 22.2 Å². The van der Waals surface area contributed by atoms with Gasteiger partial charge in [-0.15, -0.1) is 0 Å². The van der Waals surface area contributed by atoms with Crippen LogP contribution in [0.25, 0.3) is 0 Å². The Labute approximate surface area is 193 Å². The van der Waals surface area contributed by atoms with E-state index in [-0.39, 0.29) is 18.7 Å². The maximum Gasteiger partial charge on any atom is 0.422 e. The van der Waals surface area contributed by atoms with Crippen LogP contribution in [0.2, 0.25) is 5.02 Å². The number of halogens is 7. The summed E-state index contributed by atoms with van der Waals surface area (Å²) in [5, 5.41) is 1.58. The summed E-state index contributed by atoms with van der Waals surface area (Å²) in [6.07, 6.45) is -3.92. The van der Waals surface area contributed by atoms with Gasteiger partial charge in [-0.2, -0.15) is 13.2 Å². The minimum Gasteiger partial charge on any atom is -0.466 e. The predicted octanol–water partition coefficient (Wildman–Crippen LogP) is 3.49. The standard InChI is InChI=1S/C20H17ClF6N4O3/c1-19(17(32)29-4-5-31(19)18(28)33)13(10-2-3-11(22)14(21)15(10)24)9-6-12(23)16(30-7-9)34-8-20(25,26)27/h2-3,6-7,13H,4-5,8H2,1H3,(H2,28,33)(H,29,32)/t13-,19?/m1/s1. The Morgan fingerprint density at radius 3 is 2.59 bits per heavy atom. The summed E-state index contributed by atoms with van der Waals surface area (Å²) in [4.78, 5) is 29.6. The van der Waals surface area contributed by atoms with Gasteiger partial charge >= 0.3 is 12.2 Å². The van der Waals surface area contributed by atoms with E-state index in [1.165, 1.54) is 6.92 Å². The molecule has 1 saturated heterocycles. The largest absolute Gasteiger partial charge is 0.466 e. The van der Waals surface area contributed by atoms with Crippen LogP contribution in [-0.4, -0.2) is 53.2 Å². The Balaban J connectivity index is 2.21. The third-order valence-electron chi connectivity index (χ3n) is 5.38. The quantitative estimate of drug-likeness (QED) is 0.475. The van der Waals surface area contributed by atoms with Gasteiger partial charge in [0, 0.05) is 30.8 Å². The number of rotatable bonds is 5. The molecular formula is C20H17ClF6N4O3. The second-order valence-corrected chi connectivity index (χ2v) is 7.93. The zero-order chi connectivity index (χ0) is 25.4. The highest BCUT2D eigenvalue weighted by Crippen LogP contribution is 2.43. The number of piperazine rings is 1. The molecule has 1 aliphatic rings. The van der Waals surface area contributed by atoms with Crippen molar-refractivity contribution in [3.05, 3.63) is 58.0 Å². The second-order valence-electron chi connectivity index (χ2n) is 7.55. The first kappa shape index (κ1) is 25.4. The van der Waals surface area contributed by atoms with E-state index in [9.17, 15) is 31.5 Å². The van der Waals surface area contributed by atoms with Crippen molar-refractivity contribution in [1.29, 1.82) is 0 Å². The van der Waals surface area contributed by atoms with Crippen molar-refractivity contribution in [2.24, 2.45) is 5.73 Å². The van der Waals surface area contributed by atoms with Gasteiger partial charge in [-0.25, -0.2) is 22.9 Å². The molecule has 7 nitrogen and oxygen atoms in total. The van der Waals surface area contributed by atoms with Gasteiger partial charge in [0.25, 0.3) is 5.88 Å². The van der Waals surface area contributed by atoms with Crippen molar-refractivity contribution in [2.45, 2.75) is 24.6 Å². The minimum atomic E-state index is -4.76. The van der Waals surface area contributed by atoms with E-state index >= 15 is 4.39 Å². The highest BCUT2D eigenvalue weighted by atomic mass is 35.5. The highest BCUT2D eigenvalue weighted by molar-refractivity contribution is 6.31. The number of nitrogens with zero attached hydrogens (tertiary/aromatic N) is 2. The number of benzene rings is 1. The van der Waals surface area contributed by atoms with Gasteiger partial charge in [-0.3, -0.25) is 4.79 Å². The lowest BCUT2D eigenvalue weighted by atomic mass is 9.73. The first-order valence-electron chi connectivity index (χ1n) is 9.61. The zero-order valence-electron chi connectivity index (χ0n) is 17.4. The van der Waals surface area contributed by atoms with E-state index in [0.717, 1.165) is 23.2 Å². The van der Waals surface area contributed by atoms with Crippen LogP contribution in [0.15, 0.2) is 24.4 Å². The van der Waals surface area contributed by atoms with Crippen LogP contribution in [0.4, 0.5) is 31.1 Å². The van der Waals surface area contributed by atoms with Crippen LogP contribution in [0, 0.1) is 17.5 Å². The van der Waals surface area contributed by atoms with Crippen molar-refractivity contribution in [3.63, 3.8) is 0 Å². The number of ether oxygens (including phenoxy) is 1. The molecule has 0 spiro atoms. The van der Waals surface area contributed by atoms with Crippen LogP contribution in [0.1, 0.15) is 24.0 Å². The van der Waals surface area contributed by atoms with Crippen molar-refractivity contribution < 1.29 is 40.7 Å². The molecule has 2 heterocycles. The monoisotopic (exact) mass is 510 g/mol. The third kappa shape index (κ3) is 4.69. The summed E-state index contributed by atoms with van der Waals surface area (Å²) in [7, 11) is 0. The number of pyridine rings is 1. The maximum atomic E-state index is 15.1. The lowest BCUT2D eigenvalue weighted by Gasteiger charge is -2.47. The Morgan fingerprint density at radius 2 is 2.00 bits per heavy atom. The molecule has 2 atom stereocenters. The average Bonchev–Trinajstić information content (AvgIpc) is 2.74. The molecule has 34 heavy (non-hydrogen) atoms. The SMILES string of the molecule is CC1([C@H](c2cnc(OCC(F)(F)F)c(F)c2)c2ccc(F)c(Cl)c2F)C(=O)NCCN1C(N)=O. The number of nitrogens with two attached hydrogens (primary N) is 1. The number of hydrogen-bond donors (Lipinski definition) is 2. The molecule has 3 N–H and O–H groups in total. The molecule has 0 aliphatic carbocycles. The number of primary amides is 1. The molecule has 14 heteroatoms. The molecule has 1 aromatic carbocycles. The number of hydrogen-bond acceptors (Lipinski definition) is 4. The summed E-state index contributed by atoms with van der Waals surface area (Å²) in [5.41, 5.74) is 2.78. The van der Waals surface area contributed by atoms with Crippen LogP contribution < -0.4 is 15.8 Å². The Bertz CT molecular complexity index is 1130. The second kappa shape index (κ2) is 9.20. The molecule has 2 aromatic rings. The summed E-state index contributed by atoms with van der Waals surface area (Å²) in [6, 6.07) is 1.36. The molecule has 0 bridgehead atoms. The molecule has 0 radical (unpaired) electrons. The Hall–Kier alpha value is -3.22. The van der Waals surface area contributed by atoms with E-state index in [4.69, 9.17) is 17.3 Å². The van der Waals surface area contributed by atoms with Gasteiger partial charge in [-0.1, -0.05) is 17.7 Å². The molecule has 184 valence electrons. The van der Waals surface area contributed by atoms with Gasteiger partial charge in [0.15, 0.2) is 12.4 Å². The fourth-order valence-corrected chi connectivity index (χ4v) is 4.04. The van der Waals surface area contributed by atoms with Gasteiger partial charge < -0.3 is 20.7 Å². The molecule has 1 fully saturated rings. The van der Waals surface area contributed by atoms with Crippen LogP contribution in [-0.2, 0) is 4.79 Å². The number of aromatic nitrogens is 1. The fraction of sp³-hybridized carbons (Fsp3) is 0.350. The predicted molar refractivity (Wildman–Crippen MR) is 107 cm³/mol. The van der Waals surface area contributed by atoms with Gasteiger partial charge in [-0.05, 0) is 24.6 Å². The lowest BCUT2D eigenvalue weighted by molar-refractivity contribution is -0.154. The maximum absolute atomic E-state index is 15.1. The van der Waals surface area contributed by atoms with E-state index in [1.54, 1.807) is 0 Å². The Kier molecular flexibility index (Phi) is 6.87. The number of nitrogens with one attached hydrogen (secondary N) is 1. The van der Waals surface area contributed by atoms with Crippen LogP contribution in [0.5, 0.6) is 5.88 Å². The number of urea groups is 1. The molecule has 1 aliphatic heterocycles. The summed E-state index contributed by atoms with van der Waals surface area (Å²) in [6.45, 7) is -0.696. The topological polar surface area (TPSA) is 97.6 Å². The molecule has 1 aromatic heterocycles. The van der Waals surface area contributed by atoms with Crippen LogP contribution >= 0.6 is 11.6 Å². The number of carbonyl (C=O) groups excluding carboxylic acids is 2. The van der Waals surface area contributed by atoms with Crippen molar-refractivity contribution in [2.75, 3.05) is 19.7 Å². The summed E-state index contributed by atoms with van der Waals surface area (Å²) >= 11 is 5.70. The van der Waals surface area contributed by atoms with Gasteiger partial charge in [0.05, 0.1) is 0 Å². The van der Waals surface area contributed by atoms with E-state index in [2.05, 4.69) is 15.0 Å².